The number of hydrogen-bond donors (Lipinski definition) is 2. The number of ether oxygens (including phenoxy) is 1. The topological polar surface area (TPSA) is 98.5 Å². The Morgan fingerprint density at radius 3 is 2.56 bits per heavy atom. The average molecular weight is 380 g/mol. The van der Waals surface area contributed by atoms with Crippen LogP contribution in [0.4, 0.5) is 13.2 Å². The Balaban J connectivity index is 2.20. The van der Waals surface area contributed by atoms with Crippen molar-refractivity contribution >= 4 is 15.9 Å². The summed E-state index contributed by atoms with van der Waals surface area (Å²) in [6, 6.07) is 2.86. The molecule has 1 aromatic rings. The van der Waals surface area contributed by atoms with Crippen molar-refractivity contribution in [3.05, 3.63) is 23.8 Å². The van der Waals surface area contributed by atoms with Gasteiger partial charge in [-0.05, 0) is 37.5 Å². The average Bonchev–Trinajstić information content (AvgIpc) is 2.52. The molecule has 1 aliphatic rings. The third-order valence-electron chi connectivity index (χ3n) is 4.22. The van der Waals surface area contributed by atoms with Crippen LogP contribution in [0.5, 0.6) is 5.75 Å². The van der Waals surface area contributed by atoms with Crippen molar-refractivity contribution in [2.45, 2.75) is 42.8 Å². The Morgan fingerprint density at radius 1 is 1.32 bits per heavy atom. The van der Waals surface area contributed by atoms with Crippen molar-refractivity contribution in [1.82, 2.24) is 5.32 Å². The first kappa shape index (κ1) is 19.5. The van der Waals surface area contributed by atoms with E-state index in [9.17, 15) is 26.4 Å². The number of carbonyl (C=O) groups excluding carboxylic acids is 1. The fourth-order valence-electron chi connectivity index (χ4n) is 2.92. The summed E-state index contributed by atoms with van der Waals surface area (Å²) in [5, 5.41) is 7.58. The monoisotopic (exact) mass is 380 g/mol. The highest BCUT2D eigenvalue weighted by Crippen LogP contribution is 2.37. The molecule has 0 bridgehead atoms. The maximum atomic E-state index is 12.9. The van der Waals surface area contributed by atoms with Gasteiger partial charge in [0.2, 0.25) is 10.0 Å². The summed E-state index contributed by atoms with van der Waals surface area (Å²) in [7, 11) is -2.73. The third-order valence-corrected chi connectivity index (χ3v) is 5.13. The zero-order chi connectivity index (χ0) is 18.8. The van der Waals surface area contributed by atoms with Crippen LogP contribution in [0, 0.1) is 5.92 Å². The number of rotatable bonds is 4. The highest BCUT2D eigenvalue weighted by molar-refractivity contribution is 7.89. The van der Waals surface area contributed by atoms with Gasteiger partial charge < -0.3 is 10.1 Å². The second-order valence-corrected chi connectivity index (χ2v) is 7.54. The molecule has 3 N–H and O–H groups in total. The number of methoxy groups -OCH3 is 1. The molecular weight excluding hydrogens is 361 g/mol. The van der Waals surface area contributed by atoms with Crippen LogP contribution in [-0.4, -0.2) is 33.7 Å². The van der Waals surface area contributed by atoms with Crippen molar-refractivity contribution in [1.29, 1.82) is 0 Å². The minimum atomic E-state index is -4.30. The lowest BCUT2D eigenvalue weighted by Gasteiger charge is -2.31. The summed E-state index contributed by atoms with van der Waals surface area (Å²) in [6.07, 6.45) is -3.68. The first-order valence-electron chi connectivity index (χ1n) is 7.60. The fraction of sp³-hybridized carbons (Fsp3) is 0.533. The van der Waals surface area contributed by atoms with Gasteiger partial charge in [0.05, 0.1) is 23.5 Å². The molecule has 1 amide bonds. The van der Waals surface area contributed by atoms with Crippen LogP contribution in [0.25, 0.3) is 0 Å². The molecule has 0 heterocycles. The maximum absolute atomic E-state index is 12.9. The molecule has 0 aromatic heterocycles. The standard InChI is InChI=1S/C15H19F3N2O4S/c1-24-13-6-5-11(25(19,22)23)8-12(13)14(21)20-10-4-2-3-9(7-10)15(16,17)18/h5-6,8-10H,2-4,7H2,1H3,(H,20,21)(H2,19,22,23). The van der Waals surface area contributed by atoms with E-state index < -0.39 is 34.1 Å². The van der Waals surface area contributed by atoms with Crippen LogP contribution < -0.4 is 15.2 Å². The maximum Gasteiger partial charge on any atom is 0.391 e. The van der Waals surface area contributed by atoms with Crippen LogP contribution in [0.15, 0.2) is 23.1 Å². The van der Waals surface area contributed by atoms with Gasteiger partial charge in [-0.1, -0.05) is 6.42 Å². The minimum Gasteiger partial charge on any atom is -0.496 e. The number of hydrogen-bond acceptors (Lipinski definition) is 4. The van der Waals surface area contributed by atoms with Crippen molar-refractivity contribution in [3.63, 3.8) is 0 Å². The van der Waals surface area contributed by atoms with Crippen molar-refractivity contribution in [3.8, 4) is 5.75 Å². The molecule has 2 atom stereocenters. The van der Waals surface area contributed by atoms with E-state index in [0.717, 1.165) is 6.07 Å². The van der Waals surface area contributed by atoms with Crippen molar-refractivity contribution in [2.24, 2.45) is 11.1 Å². The van der Waals surface area contributed by atoms with E-state index in [4.69, 9.17) is 9.88 Å². The Hall–Kier alpha value is -1.81. The molecule has 25 heavy (non-hydrogen) atoms. The van der Waals surface area contributed by atoms with Gasteiger partial charge in [-0.15, -0.1) is 0 Å². The predicted molar refractivity (Wildman–Crippen MR) is 83.6 cm³/mol. The van der Waals surface area contributed by atoms with E-state index in [1.807, 2.05) is 0 Å². The number of benzene rings is 1. The molecule has 1 aromatic carbocycles. The number of carbonyl (C=O) groups is 1. The van der Waals surface area contributed by atoms with E-state index in [2.05, 4.69) is 5.32 Å². The molecule has 1 fully saturated rings. The summed E-state index contributed by atoms with van der Waals surface area (Å²) in [4.78, 5) is 12.1. The number of sulfonamides is 1. The van der Waals surface area contributed by atoms with Gasteiger partial charge in [0.25, 0.3) is 5.91 Å². The molecule has 2 unspecified atom stereocenters. The van der Waals surface area contributed by atoms with Gasteiger partial charge in [-0.3, -0.25) is 4.79 Å². The number of halogens is 3. The van der Waals surface area contributed by atoms with Gasteiger partial charge >= 0.3 is 6.18 Å². The fourth-order valence-corrected chi connectivity index (χ4v) is 3.46. The lowest BCUT2D eigenvalue weighted by atomic mass is 9.85. The second-order valence-electron chi connectivity index (χ2n) is 5.98. The lowest BCUT2D eigenvalue weighted by Crippen LogP contribution is -2.41. The number of alkyl halides is 3. The first-order valence-corrected chi connectivity index (χ1v) is 9.15. The molecule has 0 saturated heterocycles. The van der Waals surface area contributed by atoms with Gasteiger partial charge in [-0.25, -0.2) is 13.6 Å². The minimum absolute atomic E-state index is 0.0418. The Bertz CT molecular complexity index is 750. The predicted octanol–water partition coefficient (Wildman–Crippen LogP) is 2.19. The molecule has 1 saturated carbocycles. The number of primary sulfonamides is 1. The van der Waals surface area contributed by atoms with Gasteiger partial charge in [0.15, 0.2) is 0 Å². The Labute approximate surface area is 143 Å². The largest absolute Gasteiger partial charge is 0.496 e. The number of nitrogens with two attached hydrogens (primary N) is 1. The molecule has 6 nitrogen and oxygen atoms in total. The number of amides is 1. The number of nitrogens with one attached hydrogen (secondary N) is 1. The molecule has 1 aliphatic carbocycles. The normalized spacial score (nSPS) is 21.6. The highest BCUT2D eigenvalue weighted by atomic mass is 32.2. The summed E-state index contributed by atoms with van der Waals surface area (Å²) in [5.74, 6) is -2.05. The zero-order valence-electron chi connectivity index (χ0n) is 13.5. The molecule has 140 valence electrons. The van der Waals surface area contributed by atoms with E-state index >= 15 is 0 Å². The zero-order valence-corrected chi connectivity index (χ0v) is 14.3. The smallest absolute Gasteiger partial charge is 0.391 e. The van der Waals surface area contributed by atoms with Gasteiger partial charge in [0.1, 0.15) is 5.75 Å². The van der Waals surface area contributed by atoms with Crippen LogP contribution >= 0.6 is 0 Å². The SMILES string of the molecule is COc1ccc(S(N)(=O)=O)cc1C(=O)NC1CCCC(C(F)(F)F)C1. The van der Waals surface area contributed by atoms with E-state index in [-0.39, 0.29) is 29.1 Å². The van der Waals surface area contributed by atoms with Crippen molar-refractivity contribution in [2.75, 3.05) is 7.11 Å². The van der Waals surface area contributed by atoms with Gasteiger partial charge in [-0.2, -0.15) is 13.2 Å². The summed E-state index contributed by atoms with van der Waals surface area (Å²) in [5.41, 5.74) is -0.0943. The van der Waals surface area contributed by atoms with Crippen LogP contribution in [0.2, 0.25) is 0 Å². The van der Waals surface area contributed by atoms with E-state index in [0.29, 0.717) is 12.8 Å². The lowest BCUT2D eigenvalue weighted by molar-refractivity contribution is -0.183. The van der Waals surface area contributed by atoms with Gasteiger partial charge in [0, 0.05) is 6.04 Å². The molecule has 10 heteroatoms. The third kappa shape index (κ3) is 4.85. The molecule has 0 spiro atoms. The molecular formula is C15H19F3N2O4S. The Morgan fingerprint density at radius 2 is 2.00 bits per heavy atom. The van der Waals surface area contributed by atoms with E-state index in [1.165, 1.54) is 19.2 Å². The highest BCUT2D eigenvalue weighted by Gasteiger charge is 2.42. The molecule has 0 radical (unpaired) electrons. The molecule has 0 aliphatic heterocycles. The van der Waals surface area contributed by atoms with Crippen LogP contribution in [0.3, 0.4) is 0 Å². The summed E-state index contributed by atoms with van der Waals surface area (Å²) in [6.45, 7) is 0. The summed E-state index contributed by atoms with van der Waals surface area (Å²) < 4.78 is 66.5. The quantitative estimate of drug-likeness (QED) is 0.837. The van der Waals surface area contributed by atoms with E-state index in [1.54, 1.807) is 0 Å². The molecule has 2 rings (SSSR count). The van der Waals surface area contributed by atoms with Crippen LogP contribution in [0.1, 0.15) is 36.0 Å². The van der Waals surface area contributed by atoms with Crippen molar-refractivity contribution < 1.29 is 31.1 Å². The Kier molecular flexibility index (Phi) is 5.62. The van der Waals surface area contributed by atoms with Crippen LogP contribution in [-0.2, 0) is 10.0 Å². The second kappa shape index (κ2) is 7.20. The first-order chi connectivity index (χ1) is 11.5. The summed E-state index contributed by atoms with van der Waals surface area (Å²) >= 11 is 0.